The standard InChI is InChI=1S/C19H18ClN2OS2/c20-15-7-5-14(6-8-15)12-21-13-16(19-24-10-3-11-25-19)18(23)22-9-2-1-4-17(21)22/h1-2,4-9,13,19H,3,10-12H2/q+1. The van der Waals surface area contributed by atoms with Gasteiger partial charge in [-0.25, -0.2) is 9.36 Å². The van der Waals surface area contributed by atoms with E-state index in [9.17, 15) is 4.79 Å². The zero-order valence-corrected chi connectivity index (χ0v) is 16.0. The van der Waals surface area contributed by atoms with Gasteiger partial charge in [-0.2, -0.15) is 4.40 Å². The van der Waals surface area contributed by atoms with Crippen molar-refractivity contribution in [3.05, 3.63) is 81.4 Å². The molecule has 3 nitrogen and oxygen atoms in total. The van der Waals surface area contributed by atoms with E-state index in [1.807, 2.05) is 78.4 Å². The van der Waals surface area contributed by atoms with Crippen LogP contribution in [-0.2, 0) is 6.54 Å². The van der Waals surface area contributed by atoms with Crippen LogP contribution in [0, 0.1) is 0 Å². The lowest BCUT2D eigenvalue weighted by molar-refractivity contribution is -0.666. The molecule has 0 saturated carbocycles. The van der Waals surface area contributed by atoms with E-state index in [0.29, 0.717) is 6.54 Å². The first-order valence-corrected chi connectivity index (χ1v) is 10.7. The number of rotatable bonds is 3. The molecule has 6 heteroatoms. The minimum atomic E-state index is 0.0925. The number of pyridine rings is 1. The Morgan fingerprint density at radius 1 is 1.12 bits per heavy atom. The maximum Gasteiger partial charge on any atom is 0.347 e. The van der Waals surface area contributed by atoms with Crippen LogP contribution < -0.4 is 10.1 Å². The fourth-order valence-electron chi connectivity index (χ4n) is 3.01. The summed E-state index contributed by atoms with van der Waals surface area (Å²) in [5, 5.41) is 0.735. The lowest BCUT2D eigenvalue weighted by atomic mass is 10.2. The van der Waals surface area contributed by atoms with Crippen LogP contribution in [0.3, 0.4) is 0 Å². The van der Waals surface area contributed by atoms with Crippen molar-refractivity contribution in [2.24, 2.45) is 0 Å². The topological polar surface area (TPSA) is 25.4 Å². The second kappa shape index (κ2) is 7.44. The molecule has 1 aliphatic heterocycles. The highest BCUT2D eigenvalue weighted by Gasteiger charge is 2.25. The van der Waals surface area contributed by atoms with E-state index in [0.717, 1.165) is 33.3 Å². The van der Waals surface area contributed by atoms with E-state index in [1.54, 1.807) is 4.40 Å². The lowest BCUT2D eigenvalue weighted by Crippen LogP contribution is -2.41. The highest BCUT2D eigenvalue weighted by Crippen LogP contribution is 2.42. The Balaban J connectivity index is 1.82. The van der Waals surface area contributed by atoms with Gasteiger partial charge in [-0.3, -0.25) is 0 Å². The smallest absolute Gasteiger partial charge is 0.240 e. The number of thioether (sulfide) groups is 2. The average molecular weight is 390 g/mol. The zero-order valence-electron chi connectivity index (χ0n) is 13.6. The third-order valence-corrected chi connectivity index (χ3v) is 7.47. The first kappa shape index (κ1) is 17.0. The first-order chi connectivity index (χ1) is 12.2. The predicted molar refractivity (Wildman–Crippen MR) is 107 cm³/mol. The molecule has 0 bridgehead atoms. The Morgan fingerprint density at radius 3 is 2.64 bits per heavy atom. The summed E-state index contributed by atoms with van der Waals surface area (Å²) in [4.78, 5) is 13.0. The van der Waals surface area contributed by atoms with Gasteiger partial charge in [0, 0.05) is 11.1 Å². The fraction of sp³-hybridized carbons (Fsp3) is 0.263. The van der Waals surface area contributed by atoms with Crippen LogP contribution in [0.2, 0.25) is 5.02 Å². The molecule has 0 aliphatic carbocycles. The molecule has 1 saturated heterocycles. The van der Waals surface area contributed by atoms with Gasteiger partial charge in [-0.1, -0.05) is 29.8 Å². The van der Waals surface area contributed by atoms with Crippen molar-refractivity contribution in [1.82, 2.24) is 4.40 Å². The van der Waals surface area contributed by atoms with Gasteiger partial charge in [0.25, 0.3) is 5.65 Å². The van der Waals surface area contributed by atoms with Gasteiger partial charge in [0.15, 0.2) is 0 Å². The van der Waals surface area contributed by atoms with E-state index >= 15 is 0 Å². The summed E-state index contributed by atoms with van der Waals surface area (Å²) < 4.78 is 4.14. The summed E-state index contributed by atoms with van der Waals surface area (Å²) >= 11 is 9.75. The highest BCUT2D eigenvalue weighted by atomic mass is 35.5. The summed E-state index contributed by atoms with van der Waals surface area (Å²) in [6.07, 6.45) is 5.12. The lowest BCUT2D eigenvalue weighted by Gasteiger charge is -2.20. The monoisotopic (exact) mass is 389 g/mol. The average Bonchev–Trinajstić information content (AvgIpc) is 2.66. The molecule has 25 heavy (non-hydrogen) atoms. The predicted octanol–water partition coefficient (Wildman–Crippen LogP) is 4.16. The number of halogens is 1. The molecule has 2 aromatic heterocycles. The van der Waals surface area contributed by atoms with E-state index < -0.39 is 0 Å². The minimum Gasteiger partial charge on any atom is -0.240 e. The van der Waals surface area contributed by atoms with Crippen LogP contribution in [0.5, 0.6) is 0 Å². The van der Waals surface area contributed by atoms with Crippen molar-refractivity contribution in [1.29, 1.82) is 0 Å². The van der Waals surface area contributed by atoms with Gasteiger partial charge >= 0.3 is 5.56 Å². The molecule has 128 valence electrons. The van der Waals surface area contributed by atoms with Crippen LogP contribution in [0.25, 0.3) is 5.65 Å². The molecule has 0 N–H and O–H groups in total. The van der Waals surface area contributed by atoms with Crippen molar-refractivity contribution in [3.8, 4) is 0 Å². The fourth-order valence-corrected chi connectivity index (χ4v) is 6.01. The molecule has 3 aromatic rings. The van der Waals surface area contributed by atoms with Crippen molar-refractivity contribution in [2.45, 2.75) is 17.5 Å². The number of nitrogens with zero attached hydrogens (tertiary/aromatic N) is 2. The molecular weight excluding hydrogens is 372 g/mol. The quantitative estimate of drug-likeness (QED) is 0.629. The number of hydrogen-bond acceptors (Lipinski definition) is 3. The molecule has 0 radical (unpaired) electrons. The Bertz CT molecular complexity index is 950. The Hall–Kier alpha value is -1.43. The van der Waals surface area contributed by atoms with E-state index in [1.165, 1.54) is 6.42 Å². The van der Waals surface area contributed by atoms with Crippen LogP contribution in [0.4, 0.5) is 0 Å². The third-order valence-electron chi connectivity index (χ3n) is 4.24. The normalized spacial score (nSPS) is 15.6. The van der Waals surface area contributed by atoms with Gasteiger partial charge < -0.3 is 0 Å². The summed E-state index contributed by atoms with van der Waals surface area (Å²) in [6, 6.07) is 13.7. The largest absolute Gasteiger partial charge is 0.347 e. The van der Waals surface area contributed by atoms with E-state index in [4.69, 9.17) is 11.6 Å². The first-order valence-electron chi connectivity index (χ1n) is 8.24. The van der Waals surface area contributed by atoms with Crippen molar-refractivity contribution in [3.63, 3.8) is 0 Å². The number of fused-ring (bicyclic) bond motifs is 1. The van der Waals surface area contributed by atoms with Gasteiger partial charge in [0.05, 0.1) is 10.8 Å². The second-order valence-corrected chi connectivity index (χ2v) is 9.16. The third kappa shape index (κ3) is 3.59. The molecule has 4 rings (SSSR count). The molecule has 0 unspecified atom stereocenters. The number of hydrogen-bond donors (Lipinski definition) is 0. The van der Waals surface area contributed by atoms with E-state index in [-0.39, 0.29) is 10.1 Å². The summed E-state index contributed by atoms with van der Waals surface area (Å²) in [6.45, 7) is 0.708. The summed E-state index contributed by atoms with van der Waals surface area (Å²) in [7, 11) is 0. The molecule has 1 aromatic carbocycles. The van der Waals surface area contributed by atoms with Crippen molar-refractivity contribution >= 4 is 40.8 Å². The Kier molecular flexibility index (Phi) is 5.06. The van der Waals surface area contributed by atoms with Gasteiger partial charge in [-0.15, -0.1) is 23.5 Å². The van der Waals surface area contributed by atoms with Crippen LogP contribution >= 0.6 is 35.1 Å². The van der Waals surface area contributed by atoms with Crippen LogP contribution in [0.15, 0.2) is 59.7 Å². The SMILES string of the molecule is O=c1c(C2SCCCS2)c[n+](Cc2ccc(Cl)cc2)c2ccccn12. The Labute approximate surface area is 160 Å². The molecule has 0 atom stereocenters. The van der Waals surface area contributed by atoms with Gasteiger partial charge in [0.1, 0.15) is 18.3 Å². The number of aromatic nitrogens is 2. The highest BCUT2D eigenvalue weighted by molar-refractivity contribution is 8.16. The van der Waals surface area contributed by atoms with Gasteiger partial charge in [0.2, 0.25) is 0 Å². The Morgan fingerprint density at radius 2 is 1.88 bits per heavy atom. The van der Waals surface area contributed by atoms with Crippen LogP contribution in [0.1, 0.15) is 22.1 Å². The molecule has 1 fully saturated rings. The van der Waals surface area contributed by atoms with Crippen LogP contribution in [-0.4, -0.2) is 15.9 Å². The van der Waals surface area contributed by atoms with E-state index in [2.05, 4.69) is 4.57 Å². The molecule has 1 aliphatic rings. The summed E-state index contributed by atoms with van der Waals surface area (Å²) in [5.41, 5.74) is 3.04. The number of benzene rings is 1. The maximum atomic E-state index is 13.0. The van der Waals surface area contributed by atoms with Crippen molar-refractivity contribution < 1.29 is 4.57 Å². The molecule has 3 heterocycles. The molecular formula is C19H18ClN2OS2+. The maximum absolute atomic E-state index is 13.0. The van der Waals surface area contributed by atoms with Crippen molar-refractivity contribution in [2.75, 3.05) is 11.5 Å². The minimum absolute atomic E-state index is 0.0925. The molecule has 0 spiro atoms. The zero-order chi connectivity index (χ0) is 17.2. The molecule has 0 amide bonds. The summed E-state index contributed by atoms with van der Waals surface area (Å²) in [5.74, 6) is 2.23. The second-order valence-electron chi connectivity index (χ2n) is 6.00. The van der Waals surface area contributed by atoms with Gasteiger partial charge in [-0.05, 0) is 41.7 Å².